The zero-order valence-corrected chi connectivity index (χ0v) is 13.2. The molecule has 0 spiro atoms. The molecule has 118 valence electrons. The number of carbonyl (C=O) groups excluding carboxylic acids is 2. The third kappa shape index (κ3) is 5.43. The fourth-order valence-corrected chi connectivity index (χ4v) is 2.00. The molecule has 2 rings (SSSR count). The lowest BCUT2D eigenvalue weighted by atomic mass is 10.1. The average molecular weight is 309 g/mol. The van der Waals surface area contributed by atoms with Crippen molar-refractivity contribution in [2.45, 2.75) is 20.5 Å². The van der Waals surface area contributed by atoms with E-state index in [4.69, 9.17) is 4.74 Å². The topological polar surface area (TPSA) is 55.4 Å². The van der Waals surface area contributed by atoms with Crippen molar-refractivity contribution >= 4 is 17.6 Å². The second-order valence-electron chi connectivity index (χ2n) is 5.20. The van der Waals surface area contributed by atoms with Crippen LogP contribution in [0, 0.1) is 6.92 Å². The molecule has 0 heterocycles. The van der Waals surface area contributed by atoms with Gasteiger partial charge in [0.2, 0.25) is 5.91 Å². The van der Waals surface area contributed by atoms with Crippen molar-refractivity contribution < 1.29 is 14.3 Å². The largest absolute Gasteiger partial charge is 0.458 e. The van der Waals surface area contributed by atoms with Gasteiger partial charge >= 0.3 is 5.97 Å². The summed E-state index contributed by atoms with van der Waals surface area (Å²) in [6.45, 7) is 3.59. The molecule has 1 N–H and O–H groups in total. The first-order chi connectivity index (χ1) is 11.0. The number of rotatable bonds is 5. The van der Waals surface area contributed by atoms with Crippen molar-refractivity contribution in [3.05, 3.63) is 77.4 Å². The number of benzene rings is 2. The Morgan fingerprint density at radius 1 is 1.04 bits per heavy atom. The number of hydrogen-bond donors (Lipinski definition) is 1. The van der Waals surface area contributed by atoms with Crippen LogP contribution in [-0.2, 0) is 20.9 Å². The van der Waals surface area contributed by atoms with Crippen LogP contribution in [0.2, 0.25) is 0 Å². The third-order valence-corrected chi connectivity index (χ3v) is 3.16. The van der Waals surface area contributed by atoms with Gasteiger partial charge in [0.1, 0.15) is 6.61 Å². The molecule has 1 amide bonds. The molecule has 0 saturated carbocycles. The Labute approximate surface area is 135 Å². The fourth-order valence-electron chi connectivity index (χ4n) is 2.00. The lowest BCUT2D eigenvalue weighted by Crippen LogP contribution is -2.19. The predicted molar refractivity (Wildman–Crippen MR) is 89.2 cm³/mol. The van der Waals surface area contributed by atoms with Gasteiger partial charge in [-0.3, -0.25) is 4.79 Å². The van der Waals surface area contributed by atoms with Crippen molar-refractivity contribution in [3.63, 3.8) is 0 Å². The van der Waals surface area contributed by atoms with E-state index in [0.29, 0.717) is 5.70 Å². The zero-order chi connectivity index (χ0) is 16.7. The van der Waals surface area contributed by atoms with Gasteiger partial charge in [-0.25, -0.2) is 4.79 Å². The molecule has 23 heavy (non-hydrogen) atoms. The van der Waals surface area contributed by atoms with Gasteiger partial charge in [-0.2, -0.15) is 0 Å². The molecular formula is C19H19NO3. The smallest absolute Gasteiger partial charge is 0.333 e. The van der Waals surface area contributed by atoms with Crippen molar-refractivity contribution in [1.82, 2.24) is 5.32 Å². The molecule has 0 aromatic heterocycles. The second kappa shape index (κ2) is 7.94. The molecule has 2 aromatic rings. The maximum atomic E-state index is 12.0. The summed E-state index contributed by atoms with van der Waals surface area (Å²) < 4.78 is 5.23. The first-order valence-corrected chi connectivity index (χ1v) is 7.31. The van der Waals surface area contributed by atoms with E-state index in [9.17, 15) is 9.59 Å². The van der Waals surface area contributed by atoms with Crippen LogP contribution in [-0.4, -0.2) is 11.9 Å². The van der Waals surface area contributed by atoms with Crippen LogP contribution in [0.3, 0.4) is 0 Å². The van der Waals surface area contributed by atoms with Gasteiger partial charge < -0.3 is 10.1 Å². The number of esters is 1. The van der Waals surface area contributed by atoms with E-state index in [0.717, 1.165) is 16.7 Å². The predicted octanol–water partition coefficient (Wildman–Crippen LogP) is 3.22. The molecule has 0 atom stereocenters. The van der Waals surface area contributed by atoms with Gasteiger partial charge in [0.15, 0.2) is 0 Å². The number of hydrogen-bond acceptors (Lipinski definition) is 3. The van der Waals surface area contributed by atoms with Crippen molar-refractivity contribution in [1.29, 1.82) is 0 Å². The maximum absolute atomic E-state index is 12.0. The maximum Gasteiger partial charge on any atom is 0.333 e. The SMILES string of the molecule is CC(=O)N/C(=C\C(=O)OCc1ccc(C)cc1)c1ccccc1. The quantitative estimate of drug-likeness (QED) is 0.681. The molecule has 0 radical (unpaired) electrons. The summed E-state index contributed by atoms with van der Waals surface area (Å²) in [4.78, 5) is 23.3. The summed E-state index contributed by atoms with van der Waals surface area (Å²) in [6.07, 6.45) is 1.30. The van der Waals surface area contributed by atoms with Gasteiger partial charge in [0.05, 0.1) is 5.70 Å². The number of ether oxygens (including phenoxy) is 1. The zero-order valence-electron chi connectivity index (χ0n) is 13.2. The van der Waals surface area contributed by atoms with Crippen molar-refractivity contribution in [3.8, 4) is 0 Å². The standard InChI is InChI=1S/C19H19NO3/c1-14-8-10-16(11-9-14)13-23-19(22)12-18(20-15(2)21)17-6-4-3-5-7-17/h3-12H,13H2,1-2H3,(H,20,21)/b18-12-. The van der Waals surface area contributed by atoms with E-state index in [1.807, 2.05) is 61.5 Å². The highest BCUT2D eigenvalue weighted by Crippen LogP contribution is 2.12. The van der Waals surface area contributed by atoms with Crippen LogP contribution < -0.4 is 5.32 Å². The molecule has 0 fully saturated rings. The minimum Gasteiger partial charge on any atom is -0.458 e. The molecule has 0 bridgehead atoms. The average Bonchev–Trinajstić information content (AvgIpc) is 2.54. The normalized spacial score (nSPS) is 11.0. The summed E-state index contributed by atoms with van der Waals surface area (Å²) in [5.74, 6) is -0.746. The molecule has 0 unspecified atom stereocenters. The minimum absolute atomic E-state index is 0.192. The van der Waals surface area contributed by atoms with E-state index in [1.165, 1.54) is 13.0 Å². The summed E-state index contributed by atoms with van der Waals surface area (Å²) in [5, 5.41) is 2.65. The molecule has 4 nitrogen and oxygen atoms in total. The van der Waals surface area contributed by atoms with E-state index in [1.54, 1.807) is 0 Å². The van der Waals surface area contributed by atoms with Crippen molar-refractivity contribution in [2.75, 3.05) is 0 Å². The van der Waals surface area contributed by atoms with E-state index in [-0.39, 0.29) is 12.5 Å². The summed E-state index contributed by atoms with van der Waals surface area (Å²) in [7, 11) is 0. The van der Waals surface area contributed by atoms with E-state index >= 15 is 0 Å². The molecule has 4 heteroatoms. The third-order valence-electron chi connectivity index (χ3n) is 3.16. The molecule has 0 aliphatic carbocycles. The van der Waals surface area contributed by atoms with Gasteiger partial charge in [-0.1, -0.05) is 60.2 Å². The van der Waals surface area contributed by atoms with Gasteiger partial charge in [-0.15, -0.1) is 0 Å². The Morgan fingerprint density at radius 3 is 2.30 bits per heavy atom. The second-order valence-corrected chi connectivity index (χ2v) is 5.20. The summed E-state index contributed by atoms with van der Waals surface area (Å²) in [5.41, 5.74) is 3.23. The first-order valence-electron chi connectivity index (χ1n) is 7.31. The van der Waals surface area contributed by atoms with E-state index < -0.39 is 5.97 Å². The van der Waals surface area contributed by atoms with Gasteiger partial charge in [-0.05, 0) is 18.1 Å². The lowest BCUT2D eigenvalue weighted by Gasteiger charge is -2.09. The van der Waals surface area contributed by atoms with Crippen molar-refractivity contribution in [2.24, 2.45) is 0 Å². The van der Waals surface area contributed by atoms with Gasteiger partial charge in [0, 0.05) is 13.0 Å². The van der Waals surface area contributed by atoms with Crippen LogP contribution in [0.4, 0.5) is 0 Å². The van der Waals surface area contributed by atoms with Crippen LogP contribution >= 0.6 is 0 Å². The highest BCUT2D eigenvalue weighted by molar-refractivity contribution is 5.95. The summed E-state index contributed by atoms with van der Waals surface area (Å²) in [6, 6.07) is 16.9. The lowest BCUT2D eigenvalue weighted by molar-refractivity contribution is -0.138. The molecular weight excluding hydrogens is 290 g/mol. The summed E-state index contributed by atoms with van der Waals surface area (Å²) >= 11 is 0. The highest BCUT2D eigenvalue weighted by Gasteiger charge is 2.07. The molecule has 0 aliphatic rings. The Kier molecular flexibility index (Phi) is 5.69. The molecule has 0 aliphatic heterocycles. The van der Waals surface area contributed by atoms with Crippen LogP contribution in [0.15, 0.2) is 60.7 Å². The van der Waals surface area contributed by atoms with E-state index in [2.05, 4.69) is 5.32 Å². The minimum atomic E-state index is -0.502. The number of nitrogens with one attached hydrogen (secondary N) is 1. The Morgan fingerprint density at radius 2 is 1.70 bits per heavy atom. The van der Waals surface area contributed by atoms with Gasteiger partial charge in [0.25, 0.3) is 0 Å². The molecule has 0 saturated heterocycles. The van der Waals surface area contributed by atoms with Crippen LogP contribution in [0.25, 0.3) is 5.70 Å². The molecule has 2 aromatic carbocycles. The monoisotopic (exact) mass is 309 g/mol. The van der Waals surface area contributed by atoms with Crippen LogP contribution in [0.5, 0.6) is 0 Å². The van der Waals surface area contributed by atoms with Crippen LogP contribution in [0.1, 0.15) is 23.6 Å². The fraction of sp³-hybridized carbons (Fsp3) is 0.158. The number of aryl methyl sites for hydroxylation is 1. The number of amides is 1. The Hall–Kier alpha value is -2.88. The Balaban J connectivity index is 2.07. The first kappa shape index (κ1) is 16.5. The Bertz CT molecular complexity index is 703. The number of carbonyl (C=O) groups is 2. The highest BCUT2D eigenvalue weighted by atomic mass is 16.5.